The standard InChI is InChI=1S/C24H26N6O/c1-24(8-11-30(2)12-9-24)27-23(31)21-19-14-17(5-6-20(19)28-29-21)16-4-3-15-7-10-26-22(25)18(15)13-16/h3-7,10,13-14H,8-9,11-12H2,1-2H3,(H2,25,26)(H,27,31)(H,28,29). The van der Waals surface area contributed by atoms with Crippen LogP contribution in [0.5, 0.6) is 0 Å². The van der Waals surface area contributed by atoms with E-state index in [2.05, 4.69) is 45.4 Å². The molecule has 1 fully saturated rings. The van der Waals surface area contributed by atoms with Crippen LogP contribution in [0.4, 0.5) is 5.82 Å². The summed E-state index contributed by atoms with van der Waals surface area (Å²) in [6.07, 6.45) is 3.56. The molecule has 1 saturated heterocycles. The van der Waals surface area contributed by atoms with Gasteiger partial charge in [-0.25, -0.2) is 4.98 Å². The molecule has 7 nitrogen and oxygen atoms in total. The Balaban J connectivity index is 1.49. The number of hydrogen-bond donors (Lipinski definition) is 3. The molecular formula is C24H26N6O. The molecule has 0 aliphatic carbocycles. The highest BCUT2D eigenvalue weighted by molar-refractivity contribution is 6.06. The van der Waals surface area contributed by atoms with Crippen LogP contribution in [-0.4, -0.2) is 51.7 Å². The molecule has 4 aromatic rings. The minimum absolute atomic E-state index is 0.137. The molecule has 4 N–H and O–H groups in total. The van der Waals surface area contributed by atoms with Crippen molar-refractivity contribution in [2.24, 2.45) is 0 Å². The summed E-state index contributed by atoms with van der Waals surface area (Å²) < 4.78 is 0. The second-order valence-electron chi connectivity index (χ2n) is 8.78. The van der Waals surface area contributed by atoms with Crippen LogP contribution in [0.1, 0.15) is 30.3 Å². The zero-order valence-electron chi connectivity index (χ0n) is 17.8. The number of carbonyl (C=O) groups excluding carboxylic acids is 1. The Labute approximate surface area is 180 Å². The highest BCUT2D eigenvalue weighted by atomic mass is 16.2. The van der Waals surface area contributed by atoms with Crippen LogP contribution in [0, 0.1) is 0 Å². The highest BCUT2D eigenvalue weighted by Gasteiger charge is 2.31. The van der Waals surface area contributed by atoms with E-state index in [9.17, 15) is 4.79 Å². The first-order valence-electron chi connectivity index (χ1n) is 10.6. The first-order valence-corrected chi connectivity index (χ1v) is 10.6. The lowest BCUT2D eigenvalue weighted by Crippen LogP contribution is -2.52. The molecule has 0 saturated carbocycles. The lowest BCUT2D eigenvalue weighted by atomic mass is 9.89. The van der Waals surface area contributed by atoms with Gasteiger partial charge in [0.15, 0.2) is 5.69 Å². The number of H-pyrrole nitrogens is 1. The fraction of sp³-hybridized carbons (Fsp3) is 0.292. The number of aromatic amines is 1. The SMILES string of the molecule is CN1CCC(C)(NC(=O)c2n[nH]c3ccc(-c4ccc5ccnc(N)c5c4)cc23)CC1. The lowest BCUT2D eigenvalue weighted by molar-refractivity contribution is 0.0848. The number of piperidine rings is 1. The Morgan fingerprint density at radius 1 is 1.10 bits per heavy atom. The number of nitrogen functional groups attached to an aromatic ring is 1. The van der Waals surface area contributed by atoms with E-state index in [1.165, 1.54) is 0 Å². The van der Waals surface area contributed by atoms with Crippen LogP contribution in [0.3, 0.4) is 0 Å². The monoisotopic (exact) mass is 414 g/mol. The summed E-state index contributed by atoms with van der Waals surface area (Å²) in [4.78, 5) is 19.6. The van der Waals surface area contributed by atoms with Gasteiger partial charge in [0.05, 0.1) is 5.52 Å². The number of aromatic nitrogens is 3. The van der Waals surface area contributed by atoms with Gasteiger partial charge in [-0.1, -0.05) is 18.2 Å². The number of nitrogens with zero attached hydrogens (tertiary/aromatic N) is 3. The Hall–Kier alpha value is -3.45. The molecule has 2 aromatic heterocycles. The summed E-state index contributed by atoms with van der Waals surface area (Å²) in [5, 5.41) is 13.3. The van der Waals surface area contributed by atoms with E-state index in [-0.39, 0.29) is 11.4 Å². The lowest BCUT2D eigenvalue weighted by Gasteiger charge is -2.38. The van der Waals surface area contributed by atoms with Gasteiger partial charge in [-0.2, -0.15) is 5.10 Å². The van der Waals surface area contributed by atoms with E-state index in [0.717, 1.165) is 58.7 Å². The normalized spacial score (nSPS) is 16.6. The van der Waals surface area contributed by atoms with Crippen molar-refractivity contribution in [3.63, 3.8) is 0 Å². The number of pyridine rings is 1. The molecule has 0 bridgehead atoms. The second kappa shape index (κ2) is 7.35. The minimum atomic E-state index is -0.213. The molecule has 2 aromatic carbocycles. The van der Waals surface area contributed by atoms with E-state index in [0.29, 0.717) is 11.5 Å². The molecular weight excluding hydrogens is 388 g/mol. The van der Waals surface area contributed by atoms with Gasteiger partial charge >= 0.3 is 0 Å². The summed E-state index contributed by atoms with van der Waals surface area (Å²) in [5.74, 6) is 0.373. The van der Waals surface area contributed by atoms with Gasteiger partial charge in [0, 0.05) is 35.6 Å². The minimum Gasteiger partial charge on any atom is -0.383 e. The largest absolute Gasteiger partial charge is 0.383 e. The van der Waals surface area contributed by atoms with Crippen LogP contribution in [0.2, 0.25) is 0 Å². The zero-order chi connectivity index (χ0) is 21.6. The van der Waals surface area contributed by atoms with Crippen molar-refractivity contribution < 1.29 is 4.79 Å². The number of rotatable bonds is 3. The Bertz CT molecular complexity index is 1290. The molecule has 5 rings (SSSR count). The maximum absolute atomic E-state index is 13.1. The third kappa shape index (κ3) is 3.61. The van der Waals surface area contributed by atoms with E-state index in [1.807, 2.05) is 36.4 Å². The van der Waals surface area contributed by atoms with Gasteiger partial charge in [-0.05, 0) is 67.6 Å². The summed E-state index contributed by atoms with van der Waals surface area (Å²) in [7, 11) is 2.11. The quantitative estimate of drug-likeness (QED) is 0.476. The molecule has 0 atom stereocenters. The van der Waals surface area contributed by atoms with Crippen LogP contribution < -0.4 is 11.1 Å². The van der Waals surface area contributed by atoms with E-state index >= 15 is 0 Å². The third-order valence-electron chi connectivity index (χ3n) is 6.41. The average Bonchev–Trinajstić information content (AvgIpc) is 3.19. The number of anilines is 1. The van der Waals surface area contributed by atoms with Crippen LogP contribution in [0.25, 0.3) is 32.8 Å². The fourth-order valence-electron chi connectivity index (χ4n) is 4.31. The number of amides is 1. The maximum Gasteiger partial charge on any atom is 0.272 e. The Morgan fingerprint density at radius 2 is 1.81 bits per heavy atom. The van der Waals surface area contributed by atoms with Gasteiger partial charge < -0.3 is 16.0 Å². The molecule has 0 unspecified atom stereocenters. The van der Waals surface area contributed by atoms with Crippen molar-refractivity contribution in [1.82, 2.24) is 25.4 Å². The summed E-state index contributed by atoms with van der Waals surface area (Å²) in [6, 6.07) is 14.1. The molecule has 158 valence electrons. The number of fused-ring (bicyclic) bond motifs is 2. The van der Waals surface area contributed by atoms with Crippen LogP contribution in [0.15, 0.2) is 48.7 Å². The molecule has 1 aliphatic heterocycles. The summed E-state index contributed by atoms with van der Waals surface area (Å²) >= 11 is 0. The number of nitrogens with two attached hydrogens (primary N) is 1. The van der Waals surface area contributed by atoms with Gasteiger partial charge in [-0.15, -0.1) is 0 Å². The molecule has 1 amide bonds. The number of benzene rings is 2. The van der Waals surface area contributed by atoms with Gasteiger partial charge in [-0.3, -0.25) is 9.89 Å². The molecule has 3 heterocycles. The van der Waals surface area contributed by atoms with Crippen molar-refractivity contribution in [3.05, 3.63) is 54.4 Å². The van der Waals surface area contributed by atoms with Crippen molar-refractivity contribution in [1.29, 1.82) is 0 Å². The molecule has 31 heavy (non-hydrogen) atoms. The van der Waals surface area contributed by atoms with Gasteiger partial charge in [0.1, 0.15) is 5.82 Å². The zero-order valence-corrected chi connectivity index (χ0v) is 17.8. The van der Waals surface area contributed by atoms with Crippen LogP contribution >= 0.6 is 0 Å². The van der Waals surface area contributed by atoms with Crippen LogP contribution in [-0.2, 0) is 0 Å². The van der Waals surface area contributed by atoms with Gasteiger partial charge in [0.25, 0.3) is 5.91 Å². The number of hydrogen-bond acceptors (Lipinski definition) is 5. The Morgan fingerprint density at radius 3 is 2.58 bits per heavy atom. The predicted octanol–water partition coefficient (Wildman–Crippen LogP) is 3.57. The molecule has 1 aliphatic rings. The van der Waals surface area contributed by atoms with Crippen molar-refractivity contribution in [3.8, 4) is 11.1 Å². The van der Waals surface area contributed by atoms with Crippen molar-refractivity contribution in [2.75, 3.05) is 25.9 Å². The van der Waals surface area contributed by atoms with Crippen molar-refractivity contribution >= 4 is 33.4 Å². The predicted molar refractivity (Wildman–Crippen MR) is 124 cm³/mol. The average molecular weight is 415 g/mol. The number of likely N-dealkylation sites (tertiary alicyclic amines) is 1. The molecule has 0 radical (unpaired) electrons. The highest BCUT2D eigenvalue weighted by Crippen LogP contribution is 2.30. The number of nitrogens with one attached hydrogen (secondary N) is 2. The van der Waals surface area contributed by atoms with Gasteiger partial charge in [0.2, 0.25) is 0 Å². The molecule has 0 spiro atoms. The second-order valence-corrected chi connectivity index (χ2v) is 8.78. The van der Waals surface area contributed by atoms with E-state index in [1.54, 1.807) is 6.20 Å². The maximum atomic E-state index is 13.1. The number of carbonyl (C=O) groups is 1. The van der Waals surface area contributed by atoms with Crippen molar-refractivity contribution in [2.45, 2.75) is 25.3 Å². The Kier molecular flexibility index (Phi) is 4.63. The fourth-order valence-corrected chi connectivity index (χ4v) is 4.31. The smallest absolute Gasteiger partial charge is 0.272 e. The summed E-state index contributed by atoms with van der Waals surface area (Å²) in [6.45, 7) is 4.07. The summed E-state index contributed by atoms with van der Waals surface area (Å²) in [5.41, 5.74) is 9.14. The topological polar surface area (TPSA) is 99.9 Å². The third-order valence-corrected chi connectivity index (χ3v) is 6.41. The first-order chi connectivity index (χ1) is 14.9. The molecule has 7 heteroatoms. The first kappa shape index (κ1) is 19.5. The van der Waals surface area contributed by atoms with E-state index in [4.69, 9.17) is 5.73 Å². The van der Waals surface area contributed by atoms with E-state index < -0.39 is 0 Å².